The monoisotopic (exact) mass is 267 g/mol. The molecule has 19 heavy (non-hydrogen) atoms. The Kier molecular flexibility index (Phi) is 5.48. The summed E-state index contributed by atoms with van der Waals surface area (Å²) in [6.45, 7) is -2.97. The van der Waals surface area contributed by atoms with E-state index in [4.69, 9.17) is 10.4 Å². The van der Waals surface area contributed by atoms with E-state index in [0.29, 0.717) is 11.1 Å². The summed E-state index contributed by atoms with van der Waals surface area (Å²) in [5, 5.41) is 17.1. The van der Waals surface area contributed by atoms with Gasteiger partial charge in [-0.1, -0.05) is 12.1 Å². The van der Waals surface area contributed by atoms with Gasteiger partial charge in [-0.05, 0) is 24.1 Å². The van der Waals surface area contributed by atoms with E-state index in [1.165, 1.54) is 18.2 Å². The minimum Gasteiger partial charge on any atom is -0.478 e. The summed E-state index contributed by atoms with van der Waals surface area (Å²) in [5.74, 6) is -1.19. The van der Waals surface area contributed by atoms with Crippen molar-refractivity contribution in [2.24, 2.45) is 0 Å². The third kappa shape index (κ3) is 4.76. The Labute approximate surface area is 108 Å². The standard InChI is InChI=1S/C13H11F2NO3/c14-13(15)19-11-5-1-3-9(6-7-12(17)18)10(11)4-2-8-16/h1,3,5-7,13H,2,4H2,(H,17,18)/b7-6+. The van der Waals surface area contributed by atoms with Crippen molar-refractivity contribution in [2.75, 3.05) is 0 Å². The summed E-state index contributed by atoms with van der Waals surface area (Å²) in [7, 11) is 0. The van der Waals surface area contributed by atoms with Crippen LogP contribution in [0.15, 0.2) is 24.3 Å². The van der Waals surface area contributed by atoms with Crippen LogP contribution in [0.5, 0.6) is 5.75 Å². The van der Waals surface area contributed by atoms with Crippen LogP contribution in [0.1, 0.15) is 17.5 Å². The molecule has 0 atom stereocenters. The zero-order valence-corrected chi connectivity index (χ0v) is 9.85. The highest BCUT2D eigenvalue weighted by molar-refractivity contribution is 5.85. The van der Waals surface area contributed by atoms with Gasteiger partial charge in [0.2, 0.25) is 0 Å². The van der Waals surface area contributed by atoms with Crippen molar-refractivity contribution >= 4 is 12.0 Å². The number of halogens is 2. The maximum atomic E-state index is 12.3. The Morgan fingerprint density at radius 3 is 2.84 bits per heavy atom. The smallest absolute Gasteiger partial charge is 0.387 e. The molecular weight excluding hydrogens is 256 g/mol. The molecule has 0 aliphatic rings. The lowest BCUT2D eigenvalue weighted by atomic mass is 10.0. The predicted molar refractivity (Wildman–Crippen MR) is 63.7 cm³/mol. The number of carboxylic acids is 1. The third-order valence-electron chi connectivity index (χ3n) is 2.28. The Morgan fingerprint density at radius 1 is 1.53 bits per heavy atom. The number of nitriles is 1. The first kappa shape index (κ1) is 14.6. The molecule has 0 unspecified atom stereocenters. The number of hydrogen-bond acceptors (Lipinski definition) is 3. The lowest BCUT2D eigenvalue weighted by Gasteiger charge is -2.12. The molecule has 0 aliphatic carbocycles. The molecule has 1 rings (SSSR count). The molecule has 100 valence electrons. The molecule has 1 N–H and O–H groups in total. The molecule has 4 nitrogen and oxygen atoms in total. The first-order valence-electron chi connectivity index (χ1n) is 5.39. The lowest BCUT2D eigenvalue weighted by molar-refractivity contribution is -0.131. The molecule has 0 saturated carbocycles. The zero-order valence-electron chi connectivity index (χ0n) is 9.85. The summed E-state index contributed by atoms with van der Waals surface area (Å²) in [4.78, 5) is 10.5. The van der Waals surface area contributed by atoms with Crippen LogP contribution in [0.25, 0.3) is 6.08 Å². The van der Waals surface area contributed by atoms with E-state index in [1.807, 2.05) is 6.07 Å². The Balaban J connectivity index is 3.14. The van der Waals surface area contributed by atoms with Crippen LogP contribution in [0.4, 0.5) is 8.78 Å². The van der Waals surface area contributed by atoms with Gasteiger partial charge in [-0.2, -0.15) is 14.0 Å². The molecule has 0 spiro atoms. The van der Waals surface area contributed by atoms with Crippen LogP contribution in [0.3, 0.4) is 0 Å². The fourth-order valence-corrected chi connectivity index (χ4v) is 1.55. The summed E-state index contributed by atoms with van der Waals surface area (Å²) >= 11 is 0. The summed E-state index contributed by atoms with van der Waals surface area (Å²) in [6, 6.07) is 6.32. The number of alkyl halides is 2. The zero-order chi connectivity index (χ0) is 14.3. The largest absolute Gasteiger partial charge is 0.478 e. The van der Waals surface area contributed by atoms with Gasteiger partial charge in [0.05, 0.1) is 6.07 Å². The maximum Gasteiger partial charge on any atom is 0.387 e. The topological polar surface area (TPSA) is 70.3 Å². The Hall–Kier alpha value is -2.42. The SMILES string of the molecule is N#CCCc1c(/C=C/C(=O)O)cccc1OC(F)F. The maximum absolute atomic E-state index is 12.3. The first-order valence-corrected chi connectivity index (χ1v) is 5.39. The van der Waals surface area contributed by atoms with Crippen LogP contribution in [0, 0.1) is 11.3 Å². The predicted octanol–water partition coefficient (Wildman–Crippen LogP) is 2.84. The van der Waals surface area contributed by atoms with Gasteiger partial charge >= 0.3 is 12.6 Å². The fraction of sp³-hybridized carbons (Fsp3) is 0.231. The molecule has 0 radical (unpaired) electrons. The van der Waals surface area contributed by atoms with Gasteiger partial charge in [0.1, 0.15) is 5.75 Å². The quantitative estimate of drug-likeness (QED) is 0.804. The van der Waals surface area contributed by atoms with E-state index in [1.54, 1.807) is 6.07 Å². The summed E-state index contributed by atoms with van der Waals surface area (Å²) in [6.07, 6.45) is 2.51. The molecule has 0 bridgehead atoms. The Morgan fingerprint density at radius 2 is 2.26 bits per heavy atom. The second kappa shape index (κ2) is 7.11. The second-order valence-corrected chi connectivity index (χ2v) is 3.53. The van der Waals surface area contributed by atoms with Crippen LogP contribution in [-0.2, 0) is 11.2 Å². The van der Waals surface area contributed by atoms with Gasteiger partial charge in [-0.15, -0.1) is 0 Å². The van der Waals surface area contributed by atoms with Crippen LogP contribution in [-0.4, -0.2) is 17.7 Å². The molecule has 0 fully saturated rings. The fourth-order valence-electron chi connectivity index (χ4n) is 1.55. The van der Waals surface area contributed by atoms with Gasteiger partial charge in [0, 0.05) is 18.1 Å². The number of benzene rings is 1. The lowest BCUT2D eigenvalue weighted by Crippen LogP contribution is -2.05. The number of hydrogen-bond donors (Lipinski definition) is 1. The molecule has 1 aromatic rings. The molecule has 6 heteroatoms. The average Bonchev–Trinajstić information content (AvgIpc) is 2.34. The second-order valence-electron chi connectivity index (χ2n) is 3.53. The molecule has 0 aliphatic heterocycles. The highest BCUT2D eigenvalue weighted by atomic mass is 19.3. The average molecular weight is 267 g/mol. The molecule has 1 aromatic carbocycles. The third-order valence-corrected chi connectivity index (χ3v) is 2.28. The highest BCUT2D eigenvalue weighted by Crippen LogP contribution is 2.26. The van der Waals surface area contributed by atoms with Crippen LogP contribution in [0.2, 0.25) is 0 Å². The molecular formula is C13H11F2NO3. The molecule has 0 aromatic heterocycles. The van der Waals surface area contributed by atoms with Crippen molar-refractivity contribution in [1.82, 2.24) is 0 Å². The van der Waals surface area contributed by atoms with Crippen molar-refractivity contribution in [2.45, 2.75) is 19.5 Å². The van der Waals surface area contributed by atoms with E-state index in [-0.39, 0.29) is 18.6 Å². The number of carbonyl (C=O) groups is 1. The van der Waals surface area contributed by atoms with Crippen molar-refractivity contribution < 1.29 is 23.4 Å². The van der Waals surface area contributed by atoms with Gasteiger partial charge in [-0.3, -0.25) is 0 Å². The van der Waals surface area contributed by atoms with Gasteiger partial charge in [0.25, 0.3) is 0 Å². The number of ether oxygens (including phenoxy) is 1. The van der Waals surface area contributed by atoms with E-state index in [9.17, 15) is 13.6 Å². The highest BCUT2D eigenvalue weighted by Gasteiger charge is 2.12. The van der Waals surface area contributed by atoms with Gasteiger partial charge < -0.3 is 9.84 Å². The van der Waals surface area contributed by atoms with E-state index in [0.717, 1.165) is 6.08 Å². The number of rotatable bonds is 6. The minimum absolute atomic E-state index is 0.0437. The first-order chi connectivity index (χ1) is 9.04. The van der Waals surface area contributed by atoms with E-state index < -0.39 is 12.6 Å². The van der Waals surface area contributed by atoms with E-state index in [2.05, 4.69) is 4.74 Å². The Bertz CT molecular complexity index is 521. The summed E-state index contributed by atoms with van der Waals surface area (Å²) in [5.41, 5.74) is 0.831. The van der Waals surface area contributed by atoms with Crippen molar-refractivity contribution in [3.8, 4) is 11.8 Å². The van der Waals surface area contributed by atoms with Gasteiger partial charge in [0.15, 0.2) is 0 Å². The molecule has 0 heterocycles. The van der Waals surface area contributed by atoms with Crippen LogP contribution >= 0.6 is 0 Å². The van der Waals surface area contributed by atoms with Crippen molar-refractivity contribution in [1.29, 1.82) is 5.26 Å². The van der Waals surface area contributed by atoms with Gasteiger partial charge in [-0.25, -0.2) is 4.79 Å². The van der Waals surface area contributed by atoms with Crippen molar-refractivity contribution in [3.05, 3.63) is 35.4 Å². The van der Waals surface area contributed by atoms with Crippen LogP contribution < -0.4 is 4.74 Å². The number of carboxylic acid groups (broad SMARTS) is 1. The van der Waals surface area contributed by atoms with E-state index >= 15 is 0 Å². The number of nitrogens with zero attached hydrogens (tertiary/aromatic N) is 1. The normalized spacial score (nSPS) is 10.6. The molecule has 0 saturated heterocycles. The summed E-state index contributed by atoms with van der Waals surface area (Å²) < 4.78 is 28.9. The molecule has 0 amide bonds. The number of aliphatic carboxylic acids is 1. The van der Waals surface area contributed by atoms with Crippen molar-refractivity contribution in [3.63, 3.8) is 0 Å². The minimum atomic E-state index is -2.97.